The Morgan fingerprint density at radius 1 is 1.28 bits per heavy atom. The number of rotatable bonds is 8. The van der Waals surface area contributed by atoms with E-state index < -0.39 is 0 Å². The fourth-order valence-corrected chi connectivity index (χ4v) is 4.63. The van der Waals surface area contributed by atoms with Crippen molar-refractivity contribution in [2.75, 3.05) is 33.4 Å². The van der Waals surface area contributed by atoms with Crippen LogP contribution in [-0.2, 0) is 17.7 Å². The maximum Gasteiger partial charge on any atom is 0.268 e. The lowest BCUT2D eigenvalue weighted by molar-refractivity contribution is 0.0392. The van der Waals surface area contributed by atoms with Crippen molar-refractivity contribution in [3.8, 4) is 5.75 Å². The van der Waals surface area contributed by atoms with Crippen LogP contribution >= 0.6 is 0 Å². The van der Waals surface area contributed by atoms with Gasteiger partial charge in [-0.25, -0.2) is 0 Å². The van der Waals surface area contributed by atoms with E-state index >= 15 is 0 Å². The molecule has 0 radical (unpaired) electrons. The lowest BCUT2D eigenvalue weighted by atomic mass is 9.94. The molecule has 32 heavy (non-hydrogen) atoms. The highest BCUT2D eigenvalue weighted by atomic mass is 16.5. The Hall–Kier alpha value is -2.64. The summed E-state index contributed by atoms with van der Waals surface area (Å²) < 4.78 is 11.4. The van der Waals surface area contributed by atoms with Crippen molar-refractivity contribution in [2.24, 2.45) is 0 Å². The van der Waals surface area contributed by atoms with E-state index in [0.717, 1.165) is 68.0 Å². The van der Waals surface area contributed by atoms with E-state index in [-0.39, 0.29) is 11.7 Å². The van der Waals surface area contributed by atoms with Gasteiger partial charge in [-0.1, -0.05) is 12.1 Å². The van der Waals surface area contributed by atoms with E-state index in [9.17, 15) is 9.59 Å². The number of ether oxygens (including phenoxy) is 2. The van der Waals surface area contributed by atoms with Crippen LogP contribution in [-0.4, -0.2) is 61.0 Å². The normalized spacial score (nSPS) is 16.8. The number of aromatic nitrogens is 1. The number of hydrogen-bond acceptors (Lipinski definition) is 5. The van der Waals surface area contributed by atoms with Gasteiger partial charge in [0.15, 0.2) is 5.78 Å². The Balaban J connectivity index is 1.28. The Kier molecular flexibility index (Phi) is 7.27. The molecule has 1 amide bonds. The summed E-state index contributed by atoms with van der Waals surface area (Å²) in [4.78, 5) is 30.5. The predicted octanol–water partition coefficient (Wildman–Crippen LogP) is 3.26. The van der Waals surface area contributed by atoms with E-state index in [4.69, 9.17) is 9.47 Å². The number of hydrogen-bond donors (Lipinski definition) is 2. The largest absolute Gasteiger partial charge is 0.492 e. The fraction of sp³-hybridized carbons (Fsp3) is 0.520. The number of aromatic amines is 1. The second kappa shape index (κ2) is 10.3. The second-order valence-electron chi connectivity index (χ2n) is 8.76. The number of fused-ring (bicyclic) bond motifs is 1. The summed E-state index contributed by atoms with van der Waals surface area (Å²) in [6.07, 6.45) is 4.36. The molecule has 2 heterocycles. The maximum absolute atomic E-state index is 12.7. The van der Waals surface area contributed by atoms with Crippen molar-refractivity contribution in [2.45, 2.75) is 51.6 Å². The molecule has 1 aromatic carbocycles. The van der Waals surface area contributed by atoms with Crippen molar-refractivity contribution < 1.29 is 19.1 Å². The van der Waals surface area contributed by atoms with Crippen LogP contribution in [0.25, 0.3) is 0 Å². The monoisotopic (exact) mass is 439 g/mol. The second-order valence-corrected chi connectivity index (χ2v) is 8.76. The van der Waals surface area contributed by atoms with E-state index in [1.807, 2.05) is 31.2 Å². The Morgan fingerprint density at radius 2 is 2.09 bits per heavy atom. The number of nitrogens with zero attached hydrogens (tertiary/aromatic N) is 1. The zero-order valence-corrected chi connectivity index (χ0v) is 19.0. The minimum absolute atomic E-state index is 0.131. The molecule has 0 bridgehead atoms. The molecule has 1 aliphatic heterocycles. The molecule has 4 rings (SSSR count). The highest BCUT2D eigenvalue weighted by Gasteiger charge is 2.26. The molecule has 0 saturated carbocycles. The number of aryl methyl sites for hydroxylation is 1. The van der Waals surface area contributed by atoms with Crippen molar-refractivity contribution >= 4 is 11.7 Å². The Morgan fingerprint density at radius 3 is 2.88 bits per heavy atom. The summed E-state index contributed by atoms with van der Waals surface area (Å²) in [5.74, 6) is 0.745. The number of amides is 1. The summed E-state index contributed by atoms with van der Waals surface area (Å²) >= 11 is 0. The Labute approximate surface area is 189 Å². The number of ketones is 1. The van der Waals surface area contributed by atoms with Crippen molar-refractivity contribution in [3.05, 3.63) is 52.3 Å². The van der Waals surface area contributed by atoms with Gasteiger partial charge in [0.05, 0.1) is 0 Å². The summed E-state index contributed by atoms with van der Waals surface area (Å²) in [6, 6.07) is 8.37. The molecule has 7 nitrogen and oxygen atoms in total. The van der Waals surface area contributed by atoms with Crippen LogP contribution in [0.5, 0.6) is 5.75 Å². The molecule has 7 heteroatoms. The third kappa shape index (κ3) is 5.22. The van der Waals surface area contributed by atoms with Gasteiger partial charge in [0.25, 0.3) is 5.91 Å². The van der Waals surface area contributed by atoms with Crippen LogP contribution in [0.15, 0.2) is 24.3 Å². The van der Waals surface area contributed by atoms with Crippen molar-refractivity contribution in [3.63, 3.8) is 0 Å². The third-order valence-corrected chi connectivity index (χ3v) is 6.54. The number of nitrogens with one attached hydrogen (secondary N) is 2. The van der Waals surface area contributed by atoms with Crippen LogP contribution in [0.2, 0.25) is 0 Å². The number of H-pyrrole nitrogens is 1. The van der Waals surface area contributed by atoms with Crippen molar-refractivity contribution in [1.82, 2.24) is 15.2 Å². The van der Waals surface area contributed by atoms with Crippen LogP contribution < -0.4 is 10.1 Å². The van der Waals surface area contributed by atoms with Gasteiger partial charge in [0, 0.05) is 50.0 Å². The highest BCUT2D eigenvalue weighted by molar-refractivity contribution is 6.04. The number of Topliss-reactive ketones (excluding diaryl/α,β-unsaturated/α-hetero) is 1. The van der Waals surface area contributed by atoms with Gasteiger partial charge in [-0.15, -0.1) is 0 Å². The molecule has 1 aliphatic carbocycles. The van der Waals surface area contributed by atoms with Crippen LogP contribution in [0, 0.1) is 6.92 Å². The quantitative estimate of drug-likeness (QED) is 0.660. The first-order chi connectivity index (χ1) is 15.5. The maximum atomic E-state index is 12.7. The standard InChI is InChI=1S/C25H33N3O4/c1-17-23-21(7-4-8-22(23)29)27-24(17)25(30)26-16-18-5-3-6-20(15-18)32-14-11-28(2)19-9-12-31-13-10-19/h3,5-6,15,19,27H,4,7-14,16H2,1-2H3,(H,26,30). The molecule has 0 spiro atoms. The summed E-state index contributed by atoms with van der Waals surface area (Å²) in [5.41, 5.74) is 3.83. The summed E-state index contributed by atoms with van der Waals surface area (Å²) in [7, 11) is 2.14. The van der Waals surface area contributed by atoms with Gasteiger partial charge < -0.3 is 19.8 Å². The van der Waals surface area contributed by atoms with E-state index in [1.54, 1.807) is 0 Å². The average molecular weight is 440 g/mol. The SMILES string of the molecule is Cc1c(C(=O)NCc2cccc(OCCN(C)C3CCOCC3)c2)[nH]c2c1C(=O)CCC2. The smallest absolute Gasteiger partial charge is 0.268 e. The minimum atomic E-state index is -0.186. The first-order valence-electron chi connectivity index (χ1n) is 11.6. The number of carbonyl (C=O) groups excluding carboxylic acids is 2. The van der Waals surface area contributed by atoms with Gasteiger partial charge in [-0.05, 0) is 62.9 Å². The highest BCUT2D eigenvalue weighted by Crippen LogP contribution is 2.26. The molecule has 0 atom stereocenters. The van der Waals surface area contributed by atoms with E-state index in [0.29, 0.717) is 36.9 Å². The number of likely N-dealkylation sites (N-methyl/N-ethyl adjacent to an activating group) is 1. The van der Waals surface area contributed by atoms with Gasteiger partial charge >= 0.3 is 0 Å². The lowest BCUT2D eigenvalue weighted by Crippen LogP contribution is -2.38. The number of benzene rings is 1. The molecule has 2 aliphatic rings. The first kappa shape index (κ1) is 22.6. The van der Waals surface area contributed by atoms with Crippen molar-refractivity contribution in [1.29, 1.82) is 0 Å². The van der Waals surface area contributed by atoms with Crippen LogP contribution in [0.4, 0.5) is 0 Å². The third-order valence-electron chi connectivity index (χ3n) is 6.54. The van der Waals surface area contributed by atoms with Gasteiger partial charge in [0.1, 0.15) is 18.1 Å². The molecule has 2 aromatic rings. The number of carbonyl (C=O) groups is 2. The molecular formula is C25H33N3O4. The van der Waals surface area contributed by atoms with Crippen LogP contribution in [0.3, 0.4) is 0 Å². The minimum Gasteiger partial charge on any atom is -0.492 e. The fourth-order valence-electron chi connectivity index (χ4n) is 4.63. The van der Waals surface area contributed by atoms with Gasteiger partial charge in [0.2, 0.25) is 0 Å². The topological polar surface area (TPSA) is 83.7 Å². The molecule has 1 aromatic heterocycles. The van der Waals surface area contributed by atoms with Gasteiger partial charge in [-0.2, -0.15) is 0 Å². The molecule has 172 valence electrons. The van der Waals surface area contributed by atoms with E-state index in [1.165, 1.54) is 0 Å². The Bertz CT molecular complexity index is 962. The van der Waals surface area contributed by atoms with Crippen LogP contribution in [0.1, 0.15) is 63.4 Å². The summed E-state index contributed by atoms with van der Waals surface area (Å²) in [6.45, 7) is 5.40. The zero-order chi connectivity index (χ0) is 22.5. The predicted molar refractivity (Wildman–Crippen MR) is 122 cm³/mol. The lowest BCUT2D eigenvalue weighted by Gasteiger charge is -2.31. The molecular weight excluding hydrogens is 406 g/mol. The van der Waals surface area contributed by atoms with Gasteiger partial charge in [-0.3, -0.25) is 14.5 Å². The molecule has 2 N–H and O–H groups in total. The zero-order valence-electron chi connectivity index (χ0n) is 19.0. The first-order valence-corrected chi connectivity index (χ1v) is 11.6. The summed E-state index contributed by atoms with van der Waals surface area (Å²) in [5, 5.41) is 2.97. The van der Waals surface area contributed by atoms with E-state index in [2.05, 4.69) is 22.2 Å². The average Bonchev–Trinajstić information content (AvgIpc) is 3.16. The molecule has 1 saturated heterocycles. The molecule has 1 fully saturated rings. The molecule has 0 unspecified atom stereocenters.